The van der Waals surface area contributed by atoms with Crippen molar-refractivity contribution in [2.45, 2.75) is 6.92 Å². The van der Waals surface area contributed by atoms with E-state index in [4.69, 9.17) is 5.73 Å². The molecule has 0 bridgehead atoms. The number of halogens is 2. The first kappa shape index (κ1) is 11.7. The lowest BCUT2D eigenvalue weighted by molar-refractivity contribution is 0.782. The first-order chi connectivity index (χ1) is 7.49. The highest BCUT2D eigenvalue weighted by atomic mass is 79.9. The summed E-state index contributed by atoms with van der Waals surface area (Å²) in [7, 11) is 1.85. The van der Waals surface area contributed by atoms with E-state index in [9.17, 15) is 0 Å². The van der Waals surface area contributed by atoms with Crippen LogP contribution < -0.4 is 5.73 Å². The molecule has 3 nitrogen and oxygen atoms in total. The Kier molecular flexibility index (Phi) is 3.08. The third-order valence-corrected chi connectivity index (χ3v) is 3.39. The number of rotatable bonds is 1. The van der Waals surface area contributed by atoms with Gasteiger partial charge in [0.15, 0.2) is 0 Å². The van der Waals surface area contributed by atoms with Gasteiger partial charge in [0, 0.05) is 27.1 Å². The summed E-state index contributed by atoms with van der Waals surface area (Å²) in [4.78, 5) is 0. The van der Waals surface area contributed by atoms with Crippen molar-refractivity contribution >= 4 is 37.7 Å². The quantitative estimate of drug-likeness (QED) is 0.860. The molecule has 1 aromatic carbocycles. The molecule has 84 valence electrons. The summed E-state index contributed by atoms with van der Waals surface area (Å²) < 4.78 is 3.72. The molecule has 0 fully saturated rings. The zero-order valence-electron chi connectivity index (χ0n) is 8.96. The van der Waals surface area contributed by atoms with E-state index < -0.39 is 0 Å². The number of aryl methyl sites for hydroxylation is 1. The number of nitrogens with two attached hydrogens (primary N) is 1. The maximum atomic E-state index is 5.89. The maximum Gasteiger partial charge on any atom is 0.124 e. The van der Waals surface area contributed by atoms with Gasteiger partial charge in [-0.15, -0.1) is 0 Å². The number of hydrogen-bond acceptors (Lipinski definition) is 2. The van der Waals surface area contributed by atoms with Crippen LogP contribution in [0.3, 0.4) is 0 Å². The number of nitrogen functional groups attached to an aromatic ring is 1. The van der Waals surface area contributed by atoms with Gasteiger partial charge in [0.25, 0.3) is 0 Å². The Morgan fingerprint density at radius 2 is 1.75 bits per heavy atom. The summed E-state index contributed by atoms with van der Waals surface area (Å²) in [6.45, 7) is 1.98. The van der Waals surface area contributed by atoms with Crippen molar-refractivity contribution in [3.8, 4) is 11.3 Å². The van der Waals surface area contributed by atoms with Crippen molar-refractivity contribution in [1.29, 1.82) is 0 Å². The molecule has 5 heteroatoms. The van der Waals surface area contributed by atoms with Crippen LogP contribution in [0, 0.1) is 6.92 Å². The second kappa shape index (κ2) is 4.22. The first-order valence-corrected chi connectivity index (χ1v) is 6.33. The normalized spacial score (nSPS) is 10.8. The number of hydrogen-bond donors (Lipinski definition) is 1. The van der Waals surface area contributed by atoms with E-state index in [1.165, 1.54) is 0 Å². The molecule has 1 aromatic heterocycles. The molecule has 0 radical (unpaired) electrons. The van der Waals surface area contributed by atoms with Gasteiger partial charge >= 0.3 is 0 Å². The Hall–Kier alpha value is -0.810. The lowest BCUT2D eigenvalue weighted by Crippen LogP contribution is -1.97. The Morgan fingerprint density at radius 1 is 1.19 bits per heavy atom. The highest BCUT2D eigenvalue weighted by Crippen LogP contribution is 2.30. The van der Waals surface area contributed by atoms with Crippen LogP contribution >= 0.6 is 31.9 Å². The molecule has 0 atom stereocenters. The fourth-order valence-electron chi connectivity index (χ4n) is 1.61. The van der Waals surface area contributed by atoms with Gasteiger partial charge in [-0.2, -0.15) is 5.10 Å². The fourth-order valence-corrected chi connectivity index (χ4v) is 2.90. The maximum absolute atomic E-state index is 5.89. The largest absolute Gasteiger partial charge is 0.384 e. The van der Waals surface area contributed by atoms with Gasteiger partial charge in [-0.25, -0.2) is 0 Å². The average molecular weight is 345 g/mol. The smallest absolute Gasteiger partial charge is 0.124 e. The van der Waals surface area contributed by atoms with Crippen molar-refractivity contribution in [3.05, 3.63) is 32.7 Å². The van der Waals surface area contributed by atoms with E-state index in [0.29, 0.717) is 5.82 Å². The van der Waals surface area contributed by atoms with E-state index in [0.717, 1.165) is 25.8 Å². The molecule has 2 N–H and O–H groups in total. The number of benzene rings is 1. The monoisotopic (exact) mass is 343 g/mol. The van der Waals surface area contributed by atoms with Crippen LogP contribution in [-0.4, -0.2) is 9.78 Å². The van der Waals surface area contributed by atoms with Crippen LogP contribution in [-0.2, 0) is 7.05 Å². The fraction of sp³-hybridized carbons (Fsp3) is 0.182. The number of nitrogens with zero attached hydrogens (tertiary/aromatic N) is 2. The van der Waals surface area contributed by atoms with Crippen molar-refractivity contribution in [2.75, 3.05) is 5.73 Å². The van der Waals surface area contributed by atoms with E-state index in [2.05, 4.69) is 37.0 Å². The molecule has 0 amide bonds. The van der Waals surface area contributed by atoms with Crippen LogP contribution in [0.15, 0.2) is 27.1 Å². The topological polar surface area (TPSA) is 43.8 Å². The summed E-state index contributed by atoms with van der Waals surface area (Å²) in [6, 6.07) is 6.05. The Balaban J connectivity index is 2.62. The third-order valence-electron chi connectivity index (χ3n) is 2.47. The second-order valence-electron chi connectivity index (χ2n) is 3.64. The molecule has 0 saturated carbocycles. The number of anilines is 1. The highest BCUT2D eigenvalue weighted by Gasteiger charge is 2.12. The third kappa shape index (κ3) is 2.01. The minimum absolute atomic E-state index is 0.700. The minimum atomic E-state index is 0.700. The predicted octanol–water partition coefficient (Wildman–Crippen LogP) is 3.50. The van der Waals surface area contributed by atoms with Gasteiger partial charge in [-0.1, -0.05) is 31.9 Å². The van der Waals surface area contributed by atoms with Crippen molar-refractivity contribution < 1.29 is 0 Å². The molecule has 2 rings (SSSR count). The van der Waals surface area contributed by atoms with Crippen molar-refractivity contribution in [2.24, 2.45) is 7.05 Å². The second-order valence-corrected chi connectivity index (χ2v) is 5.47. The van der Waals surface area contributed by atoms with Gasteiger partial charge in [0.2, 0.25) is 0 Å². The average Bonchev–Trinajstić information content (AvgIpc) is 2.44. The first-order valence-electron chi connectivity index (χ1n) is 4.74. The van der Waals surface area contributed by atoms with Gasteiger partial charge in [0.1, 0.15) is 5.82 Å². The van der Waals surface area contributed by atoms with Crippen LogP contribution in [0.25, 0.3) is 11.3 Å². The molecular formula is C11H11Br2N3. The molecule has 0 aliphatic carbocycles. The van der Waals surface area contributed by atoms with Gasteiger partial charge < -0.3 is 5.73 Å². The summed E-state index contributed by atoms with van der Waals surface area (Å²) in [5, 5.41) is 4.41. The zero-order valence-corrected chi connectivity index (χ0v) is 12.1. The summed E-state index contributed by atoms with van der Waals surface area (Å²) >= 11 is 6.93. The predicted molar refractivity (Wildman–Crippen MR) is 73.2 cm³/mol. The van der Waals surface area contributed by atoms with Crippen molar-refractivity contribution in [3.63, 3.8) is 0 Å². The van der Waals surface area contributed by atoms with Crippen LogP contribution in [0.4, 0.5) is 5.82 Å². The molecule has 0 aliphatic heterocycles. The lowest BCUT2D eigenvalue weighted by Gasteiger charge is -2.01. The van der Waals surface area contributed by atoms with Crippen molar-refractivity contribution in [1.82, 2.24) is 9.78 Å². The van der Waals surface area contributed by atoms with Gasteiger partial charge in [-0.05, 0) is 25.1 Å². The SMILES string of the molecule is Cc1c(-c2cc(Br)cc(Br)c2)nn(C)c1N. The molecule has 0 spiro atoms. The standard InChI is InChI=1S/C11H11Br2N3/c1-6-10(15-16(2)11(6)14)7-3-8(12)5-9(13)4-7/h3-5H,14H2,1-2H3. The van der Waals surface area contributed by atoms with E-state index >= 15 is 0 Å². The molecule has 0 aliphatic rings. The Labute approximate surface area is 111 Å². The highest BCUT2D eigenvalue weighted by molar-refractivity contribution is 9.11. The van der Waals surface area contributed by atoms with Gasteiger partial charge in [0.05, 0.1) is 5.69 Å². The van der Waals surface area contributed by atoms with Gasteiger partial charge in [-0.3, -0.25) is 4.68 Å². The zero-order chi connectivity index (χ0) is 11.9. The molecule has 1 heterocycles. The lowest BCUT2D eigenvalue weighted by atomic mass is 10.1. The van der Waals surface area contributed by atoms with Crippen LogP contribution in [0.2, 0.25) is 0 Å². The van der Waals surface area contributed by atoms with E-state index in [1.54, 1.807) is 4.68 Å². The van der Waals surface area contributed by atoms with Crippen LogP contribution in [0.1, 0.15) is 5.56 Å². The molecule has 0 saturated heterocycles. The molecular weight excluding hydrogens is 334 g/mol. The summed E-state index contributed by atoms with van der Waals surface area (Å²) in [6.07, 6.45) is 0. The Bertz CT molecular complexity index is 526. The van der Waals surface area contributed by atoms with E-state index in [-0.39, 0.29) is 0 Å². The van der Waals surface area contributed by atoms with Crippen LogP contribution in [0.5, 0.6) is 0 Å². The Morgan fingerprint density at radius 3 is 2.19 bits per heavy atom. The van der Waals surface area contributed by atoms with E-state index in [1.807, 2.05) is 32.2 Å². The molecule has 16 heavy (non-hydrogen) atoms. The molecule has 0 unspecified atom stereocenters. The minimum Gasteiger partial charge on any atom is -0.384 e. The summed E-state index contributed by atoms with van der Waals surface area (Å²) in [5.74, 6) is 0.700. The molecule has 2 aromatic rings. The number of aromatic nitrogens is 2. The summed E-state index contributed by atoms with van der Waals surface area (Å²) in [5.41, 5.74) is 8.87.